The molecule has 1 amide bonds. The lowest BCUT2D eigenvalue weighted by atomic mass is 10.2. The Morgan fingerprint density at radius 1 is 1.28 bits per heavy atom. The number of nitrogens with one attached hydrogen (secondary N) is 1. The van der Waals surface area contributed by atoms with Crippen LogP contribution in [0.5, 0.6) is 0 Å². The van der Waals surface area contributed by atoms with Gasteiger partial charge in [-0.25, -0.2) is 4.79 Å². The number of carboxylic acid groups (broad SMARTS) is 1. The minimum absolute atomic E-state index is 0.0890. The quantitative estimate of drug-likeness (QED) is 0.770. The molecule has 18 heavy (non-hydrogen) atoms. The largest absolute Gasteiger partial charge is 0.478 e. The minimum Gasteiger partial charge on any atom is -0.478 e. The number of carbonyl (C=O) groups excluding carboxylic acids is 1. The number of carbonyl (C=O) groups is 2. The molecule has 0 aromatic heterocycles. The van der Waals surface area contributed by atoms with Gasteiger partial charge < -0.3 is 15.3 Å². The molecule has 0 radical (unpaired) electrons. The highest BCUT2D eigenvalue weighted by Crippen LogP contribution is 2.10. The molecule has 0 bridgehead atoms. The van der Waals surface area contributed by atoms with Crippen molar-refractivity contribution in [2.24, 2.45) is 0 Å². The maximum Gasteiger partial charge on any atom is 0.328 e. The van der Waals surface area contributed by atoms with Gasteiger partial charge in [-0.15, -0.1) is 0 Å². The molecule has 0 fully saturated rings. The number of hydrogen-bond donors (Lipinski definition) is 2. The van der Waals surface area contributed by atoms with Crippen LogP contribution in [0, 0.1) is 0 Å². The van der Waals surface area contributed by atoms with Crippen molar-refractivity contribution in [2.75, 3.05) is 26.0 Å². The molecule has 2 N–H and O–H groups in total. The van der Waals surface area contributed by atoms with Gasteiger partial charge in [-0.1, -0.05) is 12.1 Å². The van der Waals surface area contributed by atoms with Crippen molar-refractivity contribution >= 4 is 23.6 Å². The van der Waals surface area contributed by atoms with Crippen molar-refractivity contribution < 1.29 is 14.7 Å². The van der Waals surface area contributed by atoms with Gasteiger partial charge in [0.2, 0.25) is 5.91 Å². The van der Waals surface area contributed by atoms with Crippen LogP contribution in [0.2, 0.25) is 0 Å². The molecule has 0 saturated carbocycles. The molecule has 1 aromatic rings. The van der Waals surface area contributed by atoms with E-state index < -0.39 is 5.97 Å². The van der Waals surface area contributed by atoms with Crippen molar-refractivity contribution in [1.29, 1.82) is 0 Å². The van der Waals surface area contributed by atoms with Crippen molar-refractivity contribution in [3.8, 4) is 0 Å². The zero-order valence-corrected chi connectivity index (χ0v) is 10.4. The van der Waals surface area contributed by atoms with Crippen LogP contribution < -0.4 is 5.32 Å². The number of anilines is 1. The van der Waals surface area contributed by atoms with E-state index in [1.54, 1.807) is 29.2 Å². The Hall–Kier alpha value is -2.14. The van der Waals surface area contributed by atoms with Gasteiger partial charge in [-0.05, 0) is 37.9 Å². The van der Waals surface area contributed by atoms with Crippen LogP contribution in [0.15, 0.2) is 30.3 Å². The fourth-order valence-electron chi connectivity index (χ4n) is 1.33. The number of benzene rings is 1. The zero-order chi connectivity index (χ0) is 13.5. The molecule has 5 heteroatoms. The van der Waals surface area contributed by atoms with E-state index in [2.05, 4.69) is 5.32 Å². The van der Waals surface area contributed by atoms with Gasteiger partial charge >= 0.3 is 5.97 Å². The summed E-state index contributed by atoms with van der Waals surface area (Å²) in [6.45, 7) is 0.320. The summed E-state index contributed by atoms with van der Waals surface area (Å²) in [6.07, 6.45) is 2.56. The fourth-order valence-corrected chi connectivity index (χ4v) is 1.33. The molecule has 5 nitrogen and oxygen atoms in total. The third kappa shape index (κ3) is 5.27. The molecule has 0 atom stereocenters. The summed E-state index contributed by atoms with van der Waals surface area (Å²) in [6, 6.07) is 6.94. The van der Waals surface area contributed by atoms with Crippen molar-refractivity contribution in [3.05, 3.63) is 35.9 Å². The highest BCUT2D eigenvalue weighted by atomic mass is 16.4. The Morgan fingerprint density at radius 2 is 1.89 bits per heavy atom. The highest BCUT2D eigenvalue weighted by Gasteiger charge is 2.02. The standard InChI is InChI=1S/C13H16N2O3/c1-15(2)9-12(16)14-11-6-3-10(4-7-11)5-8-13(17)18/h3-8H,9H2,1-2H3,(H,14,16)(H,17,18)/b8-5+. The molecule has 1 rings (SSSR count). The van der Waals surface area contributed by atoms with Gasteiger partial charge in [0.25, 0.3) is 0 Å². The summed E-state index contributed by atoms with van der Waals surface area (Å²) < 4.78 is 0. The number of likely N-dealkylation sites (N-methyl/N-ethyl adjacent to an activating group) is 1. The Labute approximate surface area is 106 Å². The summed E-state index contributed by atoms with van der Waals surface area (Å²) in [4.78, 5) is 23.6. The number of nitrogens with zero attached hydrogens (tertiary/aromatic N) is 1. The number of hydrogen-bond acceptors (Lipinski definition) is 3. The van der Waals surface area contributed by atoms with Gasteiger partial charge in [0.05, 0.1) is 6.54 Å². The number of carboxylic acids is 1. The third-order valence-corrected chi connectivity index (χ3v) is 2.07. The van der Waals surface area contributed by atoms with Crippen LogP contribution >= 0.6 is 0 Å². The van der Waals surface area contributed by atoms with E-state index in [4.69, 9.17) is 5.11 Å². The van der Waals surface area contributed by atoms with Gasteiger partial charge in [0.15, 0.2) is 0 Å². The first-order valence-corrected chi connectivity index (χ1v) is 5.43. The first-order valence-electron chi connectivity index (χ1n) is 5.43. The Balaban J connectivity index is 2.60. The first-order chi connectivity index (χ1) is 8.47. The van der Waals surface area contributed by atoms with E-state index in [9.17, 15) is 9.59 Å². The minimum atomic E-state index is -0.988. The predicted octanol–water partition coefficient (Wildman–Crippen LogP) is 1.28. The van der Waals surface area contributed by atoms with Gasteiger partial charge in [0, 0.05) is 11.8 Å². The second-order valence-corrected chi connectivity index (χ2v) is 4.08. The lowest BCUT2D eigenvalue weighted by Gasteiger charge is -2.10. The molecular formula is C13H16N2O3. The monoisotopic (exact) mass is 248 g/mol. The van der Waals surface area contributed by atoms with E-state index in [1.807, 2.05) is 14.1 Å². The molecule has 0 heterocycles. The van der Waals surface area contributed by atoms with Crippen molar-refractivity contribution in [3.63, 3.8) is 0 Å². The summed E-state index contributed by atoms with van der Waals surface area (Å²) in [7, 11) is 3.64. The van der Waals surface area contributed by atoms with Crippen LogP contribution in [-0.2, 0) is 9.59 Å². The smallest absolute Gasteiger partial charge is 0.328 e. The summed E-state index contributed by atoms with van der Waals surface area (Å²) in [5.41, 5.74) is 1.46. The van der Waals surface area contributed by atoms with Crippen LogP contribution in [0.1, 0.15) is 5.56 Å². The van der Waals surface area contributed by atoms with Crippen molar-refractivity contribution in [2.45, 2.75) is 0 Å². The van der Waals surface area contributed by atoms with Gasteiger partial charge in [-0.3, -0.25) is 4.79 Å². The van der Waals surface area contributed by atoms with Crippen LogP contribution in [0.4, 0.5) is 5.69 Å². The van der Waals surface area contributed by atoms with Crippen LogP contribution in [0.3, 0.4) is 0 Å². The van der Waals surface area contributed by atoms with Crippen LogP contribution in [-0.4, -0.2) is 42.5 Å². The zero-order valence-electron chi connectivity index (χ0n) is 10.4. The lowest BCUT2D eigenvalue weighted by Crippen LogP contribution is -2.27. The molecule has 0 spiro atoms. The Bertz CT molecular complexity index is 450. The Kier molecular flexibility index (Phi) is 5.07. The van der Waals surface area contributed by atoms with E-state index in [-0.39, 0.29) is 5.91 Å². The molecule has 0 unspecified atom stereocenters. The maximum absolute atomic E-state index is 11.5. The van der Waals surface area contributed by atoms with Gasteiger partial charge in [0.1, 0.15) is 0 Å². The van der Waals surface area contributed by atoms with Crippen LogP contribution in [0.25, 0.3) is 6.08 Å². The van der Waals surface area contributed by atoms with Crippen molar-refractivity contribution in [1.82, 2.24) is 4.90 Å². The fraction of sp³-hybridized carbons (Fsp3) is 0.231. The average Bonchev–Trinajstić information content (AvgIpc) is 2.26. The first kappa shape index (κ1) is 13.9. The molecule has 0 aliphatic carbocycles. The van der Waals surface area contributed by atoms with E-state index in [0.717, 1.165) is 11.6 Å². The third-order valence-electron chi connectivity index (χ3n) is 2.07. The predicted molar refractivity (Wildman–Crippen MR) is 70.3 cm³/mol. The topological polar surface area (TPSA) is 69.6 Å². The lowest BCUT2D eigenvalue weighted by molar-refractivity contribution is -0.131. The molecule has 96 valence electrons. The molecular weight excluding hydrogens is 232 g/mol. The highest BCUT2D eigenvalue weighted by molar-refractivity contribution is 5.92. The normalized spacial score (nSPS) is 10.8. The average molecular weight is 248 g/mol. The van der Waals surface area contributed by atoms with E-state index in [1.165, 1.54) is 6.08 Å². The molecule has 0 aliphatic rings. The second kappa shape index (κ2) is 6.56. The van der Waals surface area contributed by atoms with E-state index >= 15 is 0 Å². The number of amides is 1. The second-order valence-electron chi connectivity index (χ2n) is 4.08. The summed E-state index contributed by atoms with van der Waals surface area (Å²) >= 11 is 0. The summed E-state index contributed by atoms with van der Waals surface area (Å²) in [5.74, 6) is -1.08. The molecule has 1 aromatic carbocycles. The SMILES string of the molecule is CN(C)CC(=O)Nc1ccc(/C=C/C(=O)O)cc1. The summed E-state index contributed by atoms with van der Waals surface area (Å²) in [5, 5.41) is 11.2. The van der Waals surface area contributed by atoms with E-state index in [0.29, 0.717) is 12.2 Å². The molecule has 0 aliphatic heterocycles. The Morgan fingerprint density at radius 3 is 2.39 bits per heavy atom. The number of rotatable bonds is 5. The van der Waals surface area contributed by atoms with Gasteiger partial charge in [-0.2, -0.15) is 0 Å². The maximum atomic E-state index is 11.5. The molecule has 0 saturated heterocycles. The number of aliphatic carboxylic acids is 1.